The number of hydrogen-bond acceptors (Lipinski definition) is 6. The van der Waals surface area contributed by atoms with Crippen molar-refractivity contribution in [2.45, 2.75) is 6.92 Å². The molecule has 2 aromatic rings. The number of hydrogen-bond donors (Lipinski definition) is 2. The van der Waals surface area contributed by atoms with Crippen LogP contribution in [0.5, 0.6) is 5.75 Å². The predicted molar refractivity (Wildman–Crippen MR) is 72.5 cm³/mol. The minimum Gasteiger partial charge on any atom is -0.494 e. The Kier molecular flexibility index (Phi) is 4.61. The summed E-state index contributed by atoms with van der Waals surface area (Å²) >= 11 is 0.917. The summed E-state index contributed by atoms with van der Waals surface area (Å²) in [5.74, 6) is -0.260. The normalized spacial score (nSPS) is 9.85. The Morgan fingerprint density at radius 1 is 1.20 bits per heavy atom. The van der Waals surface area contributed by atoms with Crippen molar-refractivity contribution in [2.75, 3.05) is 6.61 Å². The maximum Gasteiger partial charge on any atom is 0.291 e. The number of nitrogens with one attached hydrogen (secondary N) is 2. The number of nitrogens with zero attached hydrogens (tertiary/aromatic N) is 2. The van der Waals surface area contributed by atoms with Gasteiger partial charge in [0.2, 0.25) is 0 Å². The Balaban J connectivity index is 1.90. The van der Waals surface area contributed by atoms with Crippen LogP contribution >= 0.6 is 11.7 Å². The van der Waals surface area contributed by atoms with Crippen molar-refractivity contribution in [2.24, 2.45) is 0 Å². The third kappa shape index (κ3) is 3.51. The molecule has 0 radical (unpaired) electrons. The van der Waals surface area contributed by atoms with E-state index in [2.05, 4.69) is 19.6 Å². The van der Waals surface area contributed by atoms with E-state index in [0.29, 0.717) is 17.9 Å². The molecule has 0 aliphatic rings. The van der Waals surface area contributed by atoms with E-state index in [9.17, 15) is 9.59 Å². The third-order valence-electron chi connectivity index (χ3n) is 2.31. The number of hydrazine groups is 1. The molecule has 2 amide bonds. The third-order valence-corrected chi connectivity index (χ3v) is 2.79. The standard InChI is InChI=1S/C12H12N4O3S/c1-2-19-9-5-3-8(4-6-9)11(17)14-15-12(18)10-7-13-20-16-10/h3-7H,2H2,1H3,(H,14,17)(H,15,18). The van der Waals surface area contributed by atoms with Crippen molar-refractivity contribution in [3.8, 4) is 5.75 Å². The highest BCUT2D eigenvalue weighted by Crippen LogP contribution is 2.11. The zero-order chi connectivity index (χ0) is 14.4. The van der Waals surface area contributed by atoms with Crippen LogP contribution in [-0.4, -0.2) is 27.2 Å². The topological polar surface area (TPSA) is 93.2 Å². The molecule has 0 aliphatic carbocycles. The number of aromatic nitrogens is 2. The van der Waals surface area contributed by atoms with Gasteiger partial charge >= 0.3 is 0 Å². The van der Waals surface area contributed by atoms with E-state index in [1.54, 1.807) is 24.3 Å². The molecule has 0 spiro atoms. The molecule has 1 aromatic carbocycles. The zero-order valence-corrected chi connectivity index (χ0v) is 11.4. The first-order valence-corrected chi connectivity index (χ1v) is 6.55. The Labute approximate surface area is 119 Å². The smallest absolute Gasteiger partial charge is 0.291 e. The monoisotopic (exact) mass is 292 g/mol. The van der Waals surface area contributed by atoms with Crippen LogP contribution < -0.4 is 15.6 Å². The molecule has 104 valence electrons. The highest BCUT2D eigenvalue weighted by atomic mass is 32.1. The second-order valence-corrected chi connectivity index (χ2v) is 4.22. The minimum atomic E-state index is -0.516. The zero-order valence-electron chi connectivity index (χ0n) is 10.6. The number of amides is 2. The van der Waals surface area contributed by atoms with Crippen LogP contribution in [0.1, 0.15) is 27.8 Å². The molecule has 0 bridgehead atoms. The molecule has 2 N–H and O–H groups in total. The SMILES string of the molecule is CCOc1ccc(C(=O)NNC(=O)c2cnsn2)cc1. The summed E-state index contributed by atoms with van der Waals surface area (Å²) in [6, 6.07) is 6.59. The van der Waals surface area contributed by atoms with Crippen LogP contribution in [0.4, 0.5) is 0 Å². The number of carbonyl (C=O) groups is 2. The number of rotatable bonds is 4. The molecule has 0 saturated carbocycles. The van der Waals surface area contributed by atoms with Crippen LogP contribution in [-0.2, 0) is 0 Å². The van der Waals surface area contributed by atoms with Crippen molar-refractivity contribution in [3.05, 3.63) is 41.7 Å². The summed E-state index contributed by atoms with van der Waals surface area (Å²) in [6.07, 6.45) is 1.32. The second kappa shape index (κ2) is 6.62. The lowest BCUT2D eigenvalue weighted by molar-refractivity contribution is 0.0844. The molecule has 2 rings (SSSR count). The maximum absolute atomic E-state index is 11.8. The van der Waals surface area contributed by atoms with Crippen LogP contribution in [0, 0.1) is 0 Å². The average molecular weight is 292 g/mol. The largest absolute Gasteiger partial charge is 0.494 e. The van der Waals surface area contributed by atoms with Gasteiger partial charge < -0.3 is 4.74 Å². The molecule has 1 heterocycles. The van der Waals surface area contributed by atoms with Crippen molar-refractivity contribution in [1.82, 2.24) is 19.6 Å². The van der Waals surface area contributed by atoms with Gasteiger partial charge in [-0.3, -0.25) is 20.4 Å². The average Bonchev–Trinajstić information content (AvgIpc) is 3.00. The van der Waals surface area contributed by atoms with Gasteiger partial charge in [-0.1, -0.05) is 0 Å². The quantitative estimate of drug-likeness (QED) is 0.820. The van der Waals surface area contributed by atoms with Gasteiger partial charge in [0.25, 0.3) is 11.8 Å². The molecule has 7 nitrogen and oxygen atoms in total. The predicted octanol–water partition coefficient (Wildman–Crippen LogP) is 1.01. The van der Waals surface area contributed by atoms with E-state index in [1.165, 1.54) is 6.20 Å². The van der Waals surface area contributed by atoms with Gasteiger partial charge in [-0.25, -0.2) is 0 Å². The minimum absolute atomic E-state index is 0.155. The molecular formula is C12H12N4O3S. The maximum atomic E-state index is 11.8. The fraction of sp³-hybridized carbons (Fsp3) is 0.167. The van der Waals surface area contributed by atoms with Gasteiger partial charge in [-0.15, -0.1) is 0 Å². The van der Waals surface area contributed by atoms with Gasteiger partial charge in [-0.05, 0) is 31.2 Å². The Hall–Kier alpha value is -2.48. The van der Waals surface area contributed by atoms with Crippen molar-refractivity contribution >= 4 is 23.5 Å². The lowest BCUT2D eigenvalue weighted by atomic mass is 10.2. The summed E-state index contributed by atoms with van der Waals surface area (Å²) in [5, 5.41) is 0. The molecule has 0 fully saturated rings. The fourth-order valence-corrected chi connectivity index (χ4v) is 1.80. The molecular weight excluding hydrogens is 280 g/mol. The van der Waals surface area contributed by atoms with E-state index in [-0.39, 0.29) is 5.69 Å². The van der Waals surface area contributed by atoms with Crippen LogP contribution in [0.3, 0.4) is 0 Å². The molecule has 0 unspecified atom stereocenters. The molecule has 20 heavy (non-hydrogen) atoms. The van der Waals surface area contributed by atoms with Gasteiger partial charge in [-0.2, -0.15) is 8.75 Å². The lowest BCUT2D eigenvalue weighted by Crippen LogP contribution is -2.41. The van der Waals surface area contributed by atoms with E-state index in [1.807, 2.05) is 6.92 Å². The van der Waals surface area contributed by atoms with Gasteiger partial charge in [0.05, 0.1) is 24.5 Å². The van der Waals surface area contributed by atoms with Crippen molar-refractivity contribution < 1.29 is 14.3 Å². The van der Waals surface area contributed by atoms with Crippen molar-refractivity contribution in [3.63, 3.8) is 0 Å². The van der Waals surface area contributed by atoms with E-state index < -0.39 is 11.8 Å². The number of ether oxygens (including phenoxy) is 1. The first-order valence-electron chi connectivity index (χ1n) is 5.82. The van der Waals surface area contributed by atoms with E-state index in [0.717, 1.165) is 11.7 Å². The molecule has 0 saturated heterocycles. The highest BCUT2D eigenvalue weighted by Gasteiger charge is 2.11. The van der Waals surface area contributed by atoms with Gasteiger partial charge in [0.15, 0.2) is 5.69 Å². The molecule has 0 atom stereocenters. The summed E-state index contributed by atoms with van der Waals surface area (Å²) in [5.41, 5.74) is 5.12. The Bertz CT molecular complexity index is 583. The number of carbonyl (C=O) groups excluding carboxylic acids is 2. The summed E-state index contributed by atoms with van der Waals surface area (Å²) in [6.45, 7) is 2.44. The second-order valence-electron chi connectivity index (χ2n) is 3.66. The Morgan fingerprint density at radius 3 is 2.50 bits per heavy atom. The summed E-state index contributed by atoms with van der Waals surface area (Å²) in [7, 11) is 0. The first kappa shape index (κ1) is 13.9. The number of benzene rings is 1. The lowest BCUT2D eigenvalue weighted by Gasteiger charge is -2.07. The molecule has 1 aromatic heterocycles. The Morgan fingerprint density at radius 2 is 1.90 bits per heavy atom. The van der Waals surface area contributed by atoms with E-state index >= 15 is 0 Å². The summed E-state index contributed by atoms with van der Waals surface area (Å²) < 4.78 is 12.7. The van der Waals surface area contributed by atoms with Crippen LogP contribution in [0.2, 0.25) is 0 Å². The molecule has 0 aliphatic heterocycles. The van der Waals surface area contributed by atoms with Crippen LogP contribution in [0.15, 0.2) is 30.5 Å². The van der Waals surface area contributed by atoms with E-state index in [4.69, 9.17) is 4.74 Å². The van der Waals surface area contributed by atoms with Gasteiger partial charge in [0.1, 0.15) is 5.75 Å². The molecule has 8 heteroatoms. The van der Waals surface area contributed by atoms with Crippen molar-refractivity contribution in [1.29, 1.82) is 0 Å². The van der Waals surface area contributed by atoms with Crippen LogP contribution in [0.25, 0.3) is 0 Å². The summed E-state index contributed by atoms with van der Waals surface area (Å²) in [4.78, 5) is 23.3. The highest BCUT2D eigenvalue weighted by molar-refractivity contribution is 6.99. The first-order chi connectivity index (χ1) is 9.70. The van der Waals surface area contributed by atoms with Gasteiger partial charge in [0, 0.05) is 5.56 Å². The fourth-order valence-electron chi connectivity index (χ4n) is 1.38.